The first-order valence-corrected chi connectivity index (χ1v) is 9.15. The molecule has 1 aliphatic rings. The van der Waals surface area contributed by atoms with Gasteiger partial charge in [-0.3, -0.25) is 9.58 Å². The lowest BCUT2D eigenvalue weighted by Gasteiger charge is -2.38. The van der Waals surface area contributed by atoms with Crippen LogP contribution in [0.3, 0.4) is 0 Å². The average Bonchev–Trinajstić information content (AvgIpc) is 3.35. The zero-order valence-corrected chi connectivity index (χ0v) is 14.4. The molecule has 0 amide bonds. The Kier molecular flexibility index (Phi) is 4.40. The first kappa shape index (κ1) is 15.5. The third kappa shape index (κ3) is 3.11. The van der Waals surface area contributed by atoms with Crippen LogP contribution in [0.1, 0.15) is 38.1 Å². The van der Waals surface area contributed by atoms with Crippen LogP contribution < -0.4 is 0 Å². The molecule has 2 atom stereocenters. The van der Waals surface area contributed by atoms with E-state index in [1.165, 1.54) is 12.8 Å². The second-order valence-electron chi connectivity index (χ2n) is 6.11. The summed E-state index contributed by atoms with van der Waals surface area (Å²) in [6.07, 6.45) is 6.95. The Hall–Kier alpha value is -2.06. The monoisotopic (exact) mass is 344 g/mol. The molecule has 0 aliphatic carbocycles. The standard InChI is InChI=1S/C16H20N6OS/c1-12(16-19-15(20-23-16)14-6-4-8-24-14)22-7-3-2-5-13(22)9-21-11-17-10-18-21/h4,6,8,10-13H,2-3,5,7,9H2,1H3/t12-,13+/m0/s1. The molecular formula is C16H20N6OS. The number of likely N-dealkylation sites (tertiary alicyclic amines) is 1. The zero-order valence-electron chi connectivity index (χ0n) is 13.6. The highest BCUT2D eigenvalue weighted by Gasteiger charge is 2.30. The fourth-order valence-electron chi connectivity index (χ4n) is 3.32. The summed E-state index contributed by atoms with van der Waals surface area (Å²) in [7, 11) is 0. The van der Waals surface area contributed by atoms with E-state index in [9.17, 15) is 0 Å². The second-order valence-corrected chi connectivity index (χ2v) is 7.06. The van der Waals surface area contributed by atoms with Crippen LogP contribution in [0.25, 0.3) is 10.7 Å². The van der Waals surface area contributed by atoms with Crippen molar-refractivity contribution < 1.29 is 4.52 Å². The van der Waals surface area contributed by atoms with Crippen LogP contribution in [0, 0.1) is 0 Å². The number of nitrogens with zero attached hydrogens (tertiary/aromatic N) is 6. The first-order chi connectivity index (χ1) is 11.8. The Labute approximate surface area is 144 Å². The highest BCUT2D eigenvalue weighted by atomic mass is 32.1. The van der Waals surface area contributed by atoms with Gasteiger partial charge in [-0.1, -0.05) is 17.6 Å². The lowest BCUT2D eigenvalue weighted by atomic mass is 10.00. The van der Waals surface area contributed by atoms with Gasteiger partial charge in [-0.2, -0.15) is 10.1 Å². The summed E-state index contributed by atoms with van der Waals surface area (Å²) in [6, 6.07) is 4.52. The smallest absolute Gasteiger partial charge is 0.244 e. The molecule has 0 saturated carbocycles. The lowest BCUT2D eigenvalue weighted by Crippen LogP contribution is -2.43. The van der Waals surface area contributed by atoms with Gasteiger partial charge in [-0.25, -0.2) is 4.98 Å². The summed E-state index contributed by atoms with van der Waals surface area (Å²) in [4.78, 5) is 12.1. The fourth-order valence-corrected chi connectivity index (χ4v) is 3.97. The molecule has 1 saturated heterocycles. The SMILES string of the molecule is C[C@@H](c1nc(-c2cccs2)no1)N1CCCC[C@@H]1Cn1cncn1. The van der Waals surface area contributed by atoms with E-state index >= 15 is 0 Å². The van der Waals surface area contributed by atoms with E-state index in [0.29, 0.717) is 17.8 Å². The highest BCUT2D eigenvalue weighted by Crippen LogP contribution is 2.30. The molecular weight excluding hydrogens is 324 g/mol. The molecule has 3 aromatic rings. The predicted octanol–water partition coefficient (Wildman–Crippen LogP) is 3.01. The number of rotatable bonds is 5. The number of thiophene rings is 1. The third-order valence-corrected chi connectivity index (χ3v) is 5.44. The molecule has 3 aromatic heterocycles. The fraction of sp³-hybridized carbons (Fsp3) is 0.500. The van der Waals surface area contributed by atoms with E-state index in [4.69, 9.17) is 4.52 Å². The van der Waals surface area contributed by atoms with Gasteiger partial charge in [0.1, 0.15) is 12.7 Å². The Balaban J connectivity index is 1.52. The van der Waals surface area contributed by atoms with Gasteiger partial charge in [0.25, 0.3) is 0 Å². The maximum atomic E-state index is 5.56. The van der Waals surface area contributed by atoms with Crippen molar-refractivity contribution in [3.05, 3.63) is 36.1 Å². The van der Waals surface area contributed by atoms with Crippen molar-refractivity contribution in [1.82, 2.24) is 29.8 Å². The van der Waals surface area contributed by atoms with Crippen LogP contribution in [0.5, 0.6) is 0 Å². The minimum absolute atomic E-state index is 0.0973. The highest BCUT2D eigenvalue weighted by molar-refractivity contribution is 7.13. The molecule has 7 nitrogen and oxygen atoms in total. The maximum absolute atomic E-state index is 5.56. The third-order valence-electron chi connectivity index (χ3n) is 4.58. The largest absolute Gasteiger partial charge is 0.337 e. The second kappa shape index (κ2) is 6.82. The quantitative estimate of drug-likeness (QED) is 0.708. The number of hydrogen-bond acceptors (Lipinski definition) is 7. The molecule has 0 N–H and O–H groups in total. The minimum Gasteiger partial charge on any atom is -0.337 e. The molecule has 1 fully saturated rings. The van der Waals surface area contributed by atoms with E-state index < -0.39 is 0 Å². The van der Waals surface area contributed by atoms with E-state index in [0.717, 1.165) is 24.4 Å². The summed E-state index contributed by atoms with van der Waals surface area (Å²) < 4.78 is 7.46. The van der Waals surface area contributed by atoms with Crippen molar-refractivity contribution in [2.24, 2.45) is 0 Å². The Morgan fingerprint density at radius 3 is 3.17 bits per heavy atom. The van der Waals surface area contributed by atoms with E-state index in [-0.39, 0.29) is 6.04 Å². The topological polar surface area (TPSA) is 72.9 Å². The molecule has 1 aliphatic heterocycles. The number of piperidine rings is 1. The molecule has 0 aromatic carbocycles. The van der Waals surface area contributed by atoms with Gasteiger partial charge in [0, 0.05) is 6.04 Å². The van der Waals surface area contributed by atoms with Crippen molar-refractivity contribution in [1.29, 1.82) is 0 Å². The van der Waals surface area contributed by atoms with Crippen LogP contribution >= 0.6 is 11.3 Å². The van der Waals surface area contributed by atoms with Gasteiger partial charge >= 0.3 is 0 Å². The normalized spacial score (nSPS) is 20.3. The van der Waals surface area contributed by atoms with Gasteiger partial charge in [0.05, 0.1) is 17.5 Å². The molecule has 8 heteroatoms. The summed E-state index contributed by atoms with van der Waals surface area (Å²) >= 11 is 1.62. The molecule has 4 heterocycles. The summed E-state index contributed by atoms with van der Waals surface area (Å²) in [6.45, 7) is 4.03. The molecule has 0 bridgehead atoms. The molecule has 0 radical (unpaired) electrons. The van der Waals surface area contributed by atoms with Gasteiger partial charge in [-0.05, 0) is 37.8 Å². The predicted molar refractivity (Wildman–Crippen MR) is 90.4 cm³/mol. The van der Waals surface area contributed by atoms with Crippen molar-refractivity contribution in [3.63, 3.8) is 0 Å². The maximum Gasteiger partial charge on any atom is 0.244 e. The van der Waals surface area contributed by atoms with Crippen molar-refractivity contribution in [2.75, 3.05) is 6.54 Å². The first-order valence-electron chi connectivity index (χ1n) is 8.27. The Morgan fingerprint density at radius 1 is 1.42 bits per heavy atom. The molecule has 0 spiro atoms. The van der Waals surface area contributed by atoms with E-state index in [1.54, 1.807) is 24.0 Å². The molecule has 4 rings (SSSR count). The van der Waals surface area contributed by atoms with Gasteiger partial charge in [0.15, 0.2) is 0 Å². The van der Waals surface area contributed by atoms with Crippen molar-refractivity contribution >= 4 is 11.3 Å². The van der Waals surface area contributed by atoms with Crippen molar-refractivity contribution in [3.8, 4) is 10.7 Å². The van der Waals surface area contributed by atoms with Crippen LogP contribution in [0.2, 0.25) is 0 Å². The summed E-state index contributed by atoms with van der Waals surface area (Å²) in [5.41, 5.74) is 0. The van der Waals surface area contributed by atoms with Crippen LogP contribution in [0.4, 0.5) is 0 Å². The Morgan fingerprint density at radius 2 is 2.38 bits per heavy atom. The van der Waals surface area contributed by atoms with Gasteiger partial charge in [0.2, 0.25) is 11.7 Å². The van der Waals surface area contributed by atoms with Gasteiger partial charge in [-0.15, -0.1) is 11.3 Å². The van der Waals surface area contributed by atoms with Gasteiger partial charge < -0.3 is 4.52 Å². The molecule has 0 unspecified atom stereocenters. The molecule has 24 heavy (non-hydrogen) atoms. The summed E-state index contributed by atoms with van der Waals surface area (Å²) in [5.74, 6) is 1.36. The lowest BCUT2D eigenvalue weighted by molar-refractivity contribution is 0.0719. The number of hydrogen-bond donors (Lipinski definition) is 0. The van der Waals surface area contributed by atoms with E-state index in [1.807, 2.05) is 22.2 Å². The van der Waals surface area contributed by atoms with Crippen LogP contribution in [-0.4, -0.2) is 42.4 Å². The zero-order chi connectivity index (χ0) is 16.4. The van der Waals surface area contributed by atoms with Crippen LogP contribution in [-0.2, 0) is 6.54 Å². The molecule has 126 valence electrons. The van der Waals surface area contributed by atoms with Crippen LogP contribution in [0.15, 0.2) is 34.7 Å². The summed E-state index contributed by atoms with van der Waals surface area (Å²) in [5, 5.41) is 10.4. The average molecular weight is 344 g/mol. The van der Waals surface area contributed by atoms with E-state index in [2.05, 4.69) is 32.0 Å². The minimum atomic E-state index is 0.0973. The van der Waals surface area contributed by atoms with Crippen molar-refractivity contribution in [2.45, 2.75) is 44.8 Å². The number of aromatic nitrogens is 5. The Bertz CT molecular complexity index is 753.